The minimum absolute atomic E-state index is 0.366. The average Bonchev–Trinajstić information content (AvgIpc) is 3.93. The van der Waals surface area contributed by atoms with Gasteiger partial charge < -0.3 is 0 Å². The molecule has 0 spiro atoms. The Morgan fingerprint density at radius 2 is 0.622 bits per heavy atom. The molecular weight excluding hydrogens is 893 g/mol. The number of hydrogen-bond acceptors (Lipinski definition) is 2. The number of rotatable bonds is 6. The standard InChI is InChI=1S/C72H54N2/c1-35(2)41-29-39-15-17-43(37(5)6)63-49-23-21-46-54-34-58-57(33-53(54)45-19-20-47(66(49)65(45)46)55(31-41)61(39)63)70(60-14-10-12-28-74-60)72-52-26-25-50-64-44(38(7)8)18-16-40-30-42(36(3)4)32-56(62(40)64)48-22-24-51(68(52)67(48)50)71(72)69(58)59-13-9-11-27-73-59/h9-38H,1-8H3. The van der Waals surface area contributed by atoms with E-state index in [2.05, 4.69) is 189 Å². The molecule has 0 bridgehead atoms. The second-order valence-corrected chi connectivity index (χ2v) is 23.0. The van der Waals surface area contributed by atoms with Crippen LogP contribution in [0.4, 0.5) is 0 Å². The van der Waals surface area contributed by atoms with Gasteiger partial charge in [-0.15, -0.1) is 0 Å². The predicted octanol–water partition coefficient (Wildman–Crippen LogP) is 21.0. The molecule has 0 amide bonds. The highest BCUT2D eigenvalue weighted by Gasteiger charge is 2.29. The maximum atomic E-state index is 5.26. The molecule has 0 radical (unpaired) electrons. The lowest BCUT2D eigenvalue weighted by atomic mass is 9.83. The highest BCUT2D eigenvalue weighted by Crippen LogP contribution is 2.56. The second kappa shape index (κ2) is 14.7. The van der Waals surface area contributed by atoms with Gasteiger partial charge >= 0.3 is 0 Å². The summed E-state index contributed by atoms with van der Waals surface area (Å²) in [5, 5.41) is 34.4. The van der Waals surface area contributed by atoms with Crippen molar-refractivity contribution in [2.24, 2.45) is 0 Å². The molecule has 0 aliphatic heterocycles. The van der Waals surface area contributed by atoms with Crippen LogP contribution in [0, 0.1) is 0 Å². The number of pyridine rings is 2. The summed E-state index contributed by atoms with van der Waals surface area (Å²) in [4.78, 5) is 10.5. The van der Waals surface area contributed by atoms with Crippen LogP contribution in [0.2, 0.25) is 0 Å². The third-order valence-electron chi connectivity index (χ3n) is 17.8. The lowest BCUT2D eigenvalue weighted by Gasteiger charge is -2.20. The summed E-state index contributed by atoms with van der Waals surface area (Å²) in [5.74, 6) is 1.58. The highest BCUT2D eigenvalue weighted by molar-refractivity contribution is 6.48. The summed E-state index contributed by atoms with van der Waals surface area (Å²) in [6.45, 7) is 18.7. The van der Waals surface area contributed by atoms with Crippen LogP contribution in [0.1, 0.15) is 101 Å². The van der Waals surface area contributed by atoms with Gasteiger partial charge in [0, 0.05) is 34.3 Å². The van der Waals surface area contributed by atoms with E-state index < -0.39 is 0 Å². The molecule has 352 valence electrons. The molecule has 16 rings (SSSR count). The van der Waals surface area contributed by atoms with Crippen LogP contribution in [0.5, 0.6) is 0 Å². The van der Waals surface area contributed by atoms with Gasteiger partial charge in [-0.2, -0.15) is 0 Å². The van der Waals surface area contributed by atoms with E-state index in [-0.39, 0.29) is 0 Å². The van der Waals surface area contributed by atoms with Gasteiger partial charge in [-0.3, -0.25) is 9.97 Å². The van der Waals surface area contributed by atoms with Crippen molar-refractivity contribution in [2.45, 2.75) is 79.1 Å². The number of benzene rings is 12. The maximum absolute atomic E-state index is 5.26. The SMILES string of the molecule is CC(C)c1cc2ccc(C(C)C)c3c4ccc5c6cc7c(-c8ccccn8)c8c9ccc%10c%11cc(C(C)C)cc%12ccc(C(C)C)c(c%13ccc(c8c(-c8ccccn8)c7cc6c6ccc(c(c1)c23)c4c56)c9c%10%13)c%12%11. The highest BCUT2D eigenvalue weighted by atomic mass is 14.7. The van der Waals surface area contributed by atoms with Crippen LogP contribution in [-0.2, 0) is 0 Å². The van der Waals surface area contributed by atoms with Gasteiger partial charge in [0.1, 0.15) is 0 Å². The maximum Gasteiger partial charge on any atom is 0.0714 e. The molecule has 16 aromatic rings. The minimum atomic E-state index is 0.366. The van der Waals surface area contributed by atoms with E-state index in [0.717, 1.165) is 11.4 Å². The molecule has 0 saturated carbocycles. The molecule has 2 nitrogen and oxygen atoms in total. The Labute approximate surface area is 429 Å². The zero-order valence-corrected chi connectivity index (χ0v) is 43.2. The number of aromatic nitrogens is 2. The fraction of sp³-hybridized carbons (Fsp3) is 0.167. The molecule has 0 atom stereocenters. The molecule has 0 aliphatic carbocycles. The number of hydrogen-bond donors (Lipinski definition) is 0. The average molecular weight is 947 g/mol. The first-order chi connectivity index (χ1) is 36.0. The third-order valence-corrected chi connectivity index (χ3v) is 17.8. The van der Waals surface area contributed by atoms with Crippen molar-refractivity contribution in [3.8, 4) is 22.5 Å². The minimum Gasteiger partial charge on any atom is -0.256 e. The van der Waals surface area contributed by atoms with Crippen molar-refractivity contribution >= 4 is 140 Å². The van der Waals surface area contributed by atoms with Gasteiger partial charge in [-0.05, 0) is 212 Å². The van der Waals surface area contributed by atoms with Gasteiger partial charge in [0.2, 0.25) is 0 Å². The Morgan fingerprint density at radius 3 is 1.00 bits per heavy atom. The zero-order valence-electron chi connectivity index (χ0n) is 43.2. The first kappa shape index (κ1) is 42.3. The summed E-state index contributed by atoms with van der Waals surface area (Å²) in [5.41, 5.74) is 9.92. The van der Waals surface area contributed by atoms with E-state index in [1.165, 1.54) is 173 Å². The van der Waals surface area contributed by atoms with E-state index in [9.17, 15) is 0 Å². The fourth-order valence-corrected chi connectivity index (χ4v) is 14.4. The zero-order chi connectivity index (χ0) is 49.7. The number of fused-ring (bicyclic) bond motifs is 11. The van der Waals surface area contributed by atoms with E-state index in [0.29, 0.717) is 23.7 Å². The van der Waals surface area contributed by atoms with Crippen molar-refractivity contribution in [1.29, 1.82) is 0 Å². The van der Waals surface area contributed by atoms with Gasteiger partial charge in [-0.25, -0.2) is 0 Å². The lowest BCUT2D eigenvalue weighted by molar-refractivity contribution is 0.869. The quantitative estimate of drug-likeness (QED) is 0.123. The topological polar surface area (TPSA) is 25.8 Å². The molecule has 0 N–H and O–H groups in total. The van der Waals surface area contributed by atoms with E-state index in [1.807, 2.05) is 24.5 Å². The number of nitrogens with zero attached hydrogens (tertiary/aromatic N) is 2. The van der Waals surface area contributed by atoms with E-state index in [1.54, 1.807) is 0 Å². The largest absolute Gasteiger partial charge is 0.256 e. The van der Waals surface area contributed by atoms with Gasteiger partial charge in [-0.1, -0.05) is 165 Å². The van der Waals surface area contributed by atoms with Crippen LogP contribution in [0.3, 0.4) is 0 Å². The first-order valence-electron chi connectivity index (χ1n) is 27.0. The molecule has 0 unspecified atom stereocenters. The molecule has 0 aliphatic rings. The lowest BCUT2D eigenvalue weighted by Crippen LogP contribution is -1.96. The van der Waals surface area contributed by atoms with Crippen LogP contribution < -0.4 is 0 Å². The molecule has 14 aromatic carbocycles. The van der Waals surface area contributed by atoms with Gasteiger partial charge in [0.15, 0.2) is 0 Å². The molecule has 0 saturated heterocycles. The summed E-state index contributed by atoms with van der Waals surface area (Å²) in [7, 11) is 0. The smallest absolute Gasteiger partial charge is 0.0714 e. The van der Waals surface area contributed by atoms with Crippen molar-refractivity contribution in [1.82, 2.24) is 9.97 Å². The Morgan fingerprint density at radius 1 is 0.257 bits per heavy atom. The molecule has 74 heavy (non-hydrogen) atoms. The van der Waals surface area contributed by atoms with Crippen molar-refractivity contribution in [3.05, 3.63) is 180 Å². The second-order valence-electron chi connectivity index (χ2n) is 23.0. The van der Waals surface area contributed by atoms with Crippen molar-refractivity contribution in [2.75, 3.05) is 0 Å². The monoisotopic (exact) mass is 946 g/mol. The summed E-state index contributed by atoms with van der Waals surface area (Å²) in [6.07, 6.45) is 3.93. The molecule has 2 aromatic heterocycles. The normalized spacial score (nSPS) is 13.1. The Hall–Kier alpha value is -8.20. The summed E-state index contributed by atoms with van der Waals surface area (Å²) in [6, 6.07) is 56.9. The summed E-state index contributed by atoms with van der Waals surface area (Å²) < 4.78 is 0. The van der Waals surface area contributed by atoms with Crippen molar-refractivity contribution in [3.63, 3.8) is 0 Å². The third kappa shape index (κ3) is 5.30. The predicted molar refractivity (Wildman–Crippen MR) is 322 cm³/mol. The first-order valence-corrected chi connectivity index (χ1v) is 27.0. The molecule has 2 heterocycles. The van der Waals surface area contributed by atoms with Crippen molar-refractivity contribution < 1.29 is 0 Å². The summed E-state index contributed by atoms with van der Waals surface area (Å²) >= 11 is 0. The van der Waals surface area contributed by atoms with Crippen LogP contribution in [0.15, 0.2) is 158 Å². The molecule has 0 fully saturated rings. The Kier molecular flexibility index (Phi) is 8.43. The van der Waals surface area contributed by atoms with Crippen LogP contribution in [-0.4, -0.2) is 9.97 Å². The molecule has 2 heteroatoms. The van der Waals surface area contributed by atoms with E-state index in [4.69, 9.17) is 9.97 Å². The van der Waals surface area contributed by atoms with Gasteiger partial charge in [0.25, 0.3) is 0 Å². The van der Waals surface area contributed by atoms with Gasteiger partial charge in [0.05, 0.1) is 11.4 Å². The Bertz CT molecular complexity index is 4920. The fourth-order valence-electron chi connectivity index (χ4n) is 14.4. The van der Waals surface area contributed by atoms with Crippen LogP contribution >= 0.6 is 0 Å². The van der Waals surface area contributed by atoms with E-state index >= 15 is 0 Å². The Balaban J connectivity index is 1.12. The molecular formula is C72H54N2. The van der Waals surface area contributed by atoms with Crippen LogP contribution in [0.25, 0.3) is 163 Å².